The summed E-state index contributed by atoms with van der Waals surface area (Å²) in [6, 6.07) is 8.16. The molecule has 2 N–H and O–H groups in total. The van der Waals surface area contributed by atoms with Crippen molar-refractivity contribution in [2.24, 2.45) is 11.8 Å². The summed E-state index contributed by atoms with van der Waals surface area (Å²) < 4.78 is 1.02. The predicted octanol–water partition coefficient (Wildman–Crippen LogP) is 4.27. The van der Waals surface area contributed by atoms with Gasteiger partial charge in [-0.15, -0.1) is 5.10 Å². The number of amides is 1. The van der Waals surface area contributed by atoms with E-state index >= 15 is 0 Å². The first-order chi connectivity index (χ1) is 12.0. The van der Waals surface area contributed by atoms with Crippen molar-refractivity contribution in [2.75, 3.05) is 5.75 Å². The highest BCUT2D eigenvalue weighted by molar-refractivity contribution is 9.10. The van der Waals surface area contributed by atoms with Gasteiger partial charge < -0.3 is 5.32 Å². The average Bonchev–Trinajstić information content (AvgIpc) is 3.07. The molecule has 0 unspecified atom stereocenters. The highest BCUT2D eigenvalue weighted by Gasteiger charge is 2.28. The second-order valence-corrected chi connectivity index (χ2v) is 8.56. The fraction of sp³-hybridized carbons (Fsp3) is 0.500. The number of carbonyl (C=O) groups excluding carboxylic acids is 1. The van der Waals surface area contributed by atoms with Crippen LogP contribution in [-0.4, -0.2) is 32.9 Å². The number of nitrogens with zero attached hydrogens (tertiary/aromatic N) is 2. The van der Waals surface area contributed by atoms with Gasteiger partial charge in [0.25, 0.3) is 0 Å². The minimum absolute atomic E-state index is 0.0611. The van der Waals surface area contributed by atoms with Crippen molar-refractivity contribution in [1.29, 1.82) is 0 Å². The Morgan fingerprint density at radius 3 is 2.84 bits per heavy atom. The fourth-order valence-corrected chi connectivity index (χ4v) is 4.09. The zero-order valence-corrected chi connectivity index (χ0v) is 16.9. The molecule has 1 fully saturated rings. The molecule has 2 aromatic rings. The van der Waals surface area contributed by atoms with Crippen molar-refractivity contribution >= 4 is 33.6 Å². The number of aromatic amines is 1. The van der Waals surface area contributed by atoms with Gasteiger partial charge >= 0.3 is 0 Å². The molecule has 1 saturated carbocycles. The highest BCUT2D eigenvalue weighted by atomic mass is 79.9. The maximum atomic E-state index is 12.2. The average molecular weight is 423 g/mol. The first kappa shape index (κ1) is 18.5. The van der Waals surface area contributed by atoms with Gasteiger partial charge in [0.15, 0.2) is 5.82 Å². The quantitative estimate of drug-likeness (QED) is 0.705. The molecule has 1 amide bonds. The number of aromatic nitrogens is 3. The molecule has 25 heavy (non-hydrogen) atoms. The van der Waals surface area contributed by atoms with Gasteiger partial charge in [-0.3, -0.25) is 9.89 Å². The van der Waals surface area contributed by atoms with Crippen LogP contribution in [0.1, 0.15) is 33.1 Å². The summed E-state index contributed by atoms with van der Waals surface area (Å²) in [5, 5.41) is 10.9. The van der Waals surface area contributed by atoms with Crippen LogP contribution >= 0.6 is 27.7 Å². The van der Waals surface area contributed by atoms with Crippen molar-refractivity contribution in [1.82, 2.24) is 20.5 Å². The Morgan fingerprint density at radius 2 is 2.08 bits per heavy atom. The standard InChI is InChI=1S/C18H23BrN4OS/c1-11-4-3-5-15(12(11)2)20-16(24)10-25-18-21-17(22-23-18)13-6-8-14(19)9-7-13/h6-9,11-12,15H,3-5,10H2,1-2H3,(H,20,24)(H,21,22,23)/t11-,12-,15-/m1/s1. The molecule has 1 aromatic heterocycles. The van der Waals surface area contributed by atoms with E-state index in [1.54, 1.807) is 0 Å². The molecule has 0 bridgehead atoms. The first-order valence-corrected chi connectivity index (χ1v) is 10.4. The highest BCUT2D eigenvalue weighted by Crippen LogP contribution is 2.29. The van der Waals surface area contributed by atoms with Crippen molar-refractivity contribution in [3.05, 3.63) is 28.7 Å². The Bertz CT molecular complexity index is 718. The number of hydrogen-bond acceptors (Lipinski definition) is 4. The molecule has 3 atom stereocenters. The minimum atomic E-state index is 0.0611. The summed E-state index contributed by atoms with van der Waals surface area (Å²) in [6.07, 6.45) is 3.54. The number of thioether (sulfide) groups is 1. The van der Waals surface area contributed by atoms with Crippen LogP contribution < -0.4 is 5.32 Å². The maximum absolute atomic E-state index is 12.2. The van der Waals surface area contributed by atoms with E-state index < -0.39 is 0 Å². The maximum Gasteiger partial charge on any atom is 0.230 e. The van der Waals surface area contributed by atoms with E-state index in [9.17, 15) is 4.79 Å². The summed E-state index contributed by atoms with van der Waals surface area (Å²) in [7, 11) is 0. The number of rotatable bonds is 5. The monoisotopic (exact) mass is 422 g/mol. The lowest BCUT2D eigenvalue weighted by atomic mass is 9.78. The van der Waals surface area contributed by atoms with E-state index in [1.165, 1.54) is 24.6 Å². The lowest BCUT2D eigenvalue weighted by Gasteiger charge is -2.34. The number of hydrogen-bond donors (Lipinski definition) is 2. The predicted molar refractivity (Wildman–Crippen MR) is 104 cm³/mol. The second-order valence-electron chi connectivity index (χ2n) is 6.70. The topological polar surface area (TPSA) is 70.7 Å². The summed E-state index contributed by atoms with van der Waals surface area (Å²) >= 11 is 4.78. The van der Waals surface area contributed by atoms with Crippen molar-refractivity contribution in [3.63, 3.8) is 0 Å². The van der Waals surface area contributed by atoms with Gasteiger partial charge in [0.2, 0.25) is 11.1 Å². The molecule has 3 rings (SSSR count). The molecule has 1 heterocycles. The zero-order chi connectivity index (χ0) is 17.8. The van der Waals surface area contributed by atoms with Crippen molar-refractivity contribution < 1.29 is 4.79 Å². The number of H-pyrrole nitrogens is 1. The molecule has 1 aromatic carbocycles. The van der Waals surface area contributed by atoms with Crippen LogP contribution in [0.15, 0.2) is 33.9 Å². The molecule has 1 aliphatic rings. The van der Waals surface area contributed by atoms with Gasteiger partial charge in [0.05, 0.1) is 5.75 Å². The van der Waals surface area contributed by atoms with Crippen LogP contribution in [0.3, 0.4) is 0 Å². The van der Waals surface area contributed by atoms with E-state index in [0.717, 1.165) is 16.5 Å². The second kappa shape index (κ2) is 8.36. The smallest absolute Gasteiger partial charge is 0.230 e. The van der Waals surface area contributed by atoms with E-state index in [0.29, 0.717) is 34.6 Å². The molecule has 5 nitrogen and oxygen atoms in total. The summed E-state index contributed by atoms with van der Waals surface area (Å²) in [6.45, 7) is 4.51. The minimum Gasteiger partial charge on any atom is -0.352 e. The molecule has 0 aliphatic heterocycles. The van der Waals surface area contributed by atoms with E-state index in [1.807, 2.05) is 24.3 Å². The first-order valence-electron chi connectivity index (χ1n) is 8.63. The van der Waals surface area contributed by atoms with Crippen molar-refractivity contribution in [3.8, 4) is 11.4 Å². The Hall–Kier alpha value is -1.34. The van der Waals surface area contributed by atoms with Crippen molar-refractivity contribution in [2.45, 2.75) is 44.3 Å². The third-order valence-electron chi connectivity index (χ3n) is 4.97. The number of benzene rings is 1. The largest absolute Gasteiger partial charge is 0.352 e. The molecule has 1 aliphatic carbocycles. The lowest BCUT2D eigenvalue weighted by Crippen LogP contribution is -2.44. The molecule has 134 valence electrons. The number of nitrogens with one attached hydrogen (secondary N) is 2. The zero-order valence-electron chi connectivity index (χ0n) is 14.5. The molecular formula is C18H23BrN4OS. The molecule has 0 spiro atoms. The number of carbonyl (C=O) groups is 1. The normalized spacial score (nSPS) is 23.4. The summed E-state index contributed by atoms with van der Waals surface area (Å²) in [5.74, 6) is 2.33. The van der Waals surface area contributed by atoms with Crippen LogP contribution in [0.5, 0.6) is 0 Å². The third kappa shape index (κ3) is 4.85. The Morgan fingerprint density at radius 1 is 1.32 bits per heavy atom. The summed E-state index contributed by atoms with van der Waals surface area (Å²) in [4.78, 5) is 16.7. The van der Waals surface area contributed by atoms with E-state index in [2.05, 4.69) is 50.3 Å². The van der Waals surface area contributed by atoms with Gasteiger partial charge in [-0.25, -0.2) is 4.98 Å². The fourth-order valence-electron chi connectivity index (χ4n) is 3.21. The van der Waals surface area contributed by atoms with E-state index in [4.69, 9.17) is 0 Å². The Kier molecular flexibility index (Phi) is 6.17. The van der Waals surface area contributed by atoms with Gasteiger partial charge in [-0.1, -0.05) is 66.5 Å². The van der Waals surface area contributed by atoms with Crippen LogP contribution in [0.25, 0.3) is 11.4 Å². The van der Waals surface area contributed by atoms with Gasteiger partial charge in [0.1, 0.15) is 0 Å². The lowest BCUT2D eigenvalue weighted by molar-refractivity contribution is -0.120. The molecule has 7 heteroatoms. The number of halogens is 1. The molecule has 0 saturated heterocycles. The third-order valence-corrected chi connectivity index (χ3v) is 6.34. The van der Waals surface area contributed by atoms with Crippen LogP contribution in [0.4, 0.5) is 0 Å². The summed E-state index contributed by atoms with van der Waals surface area (Å²) in [5.41, 5.74) is 0.969. The van der Waals surface area contributed by atoms with Gasteiger partial charge in [-0.2, -0.15) is 0 Å². The Balaban J connectivity index is 1.52. The van der Waals surface area contributed by atoms with Crippen LogP contribution in [-0.2, 0) is 4.79 Å². The van der Waals surface area contributed by atoms with Crippen LogP contribution in [0, 0.1) is 11.8 Å². The molecular weight excluding hydrogens is 400 g/mol. The SMILES string of the molecule is C[C@@H]1[C@H](C)CCC[C@H]1NC(=O)CSc1n[nH]c(-c2ccc(Br)cc2)n1. The molecule has 0 radical (unpaired) electrons. The van der Waals surface area contributed by atoms with Crippen LogP contribution in [0.2, 0.25) is 0 Å². The Labute approximate surface area is 160 Å². The van der Waals surface area contributed by atoms with Gasteiger partial charge in [0, 0.05) is 16.1 Å². The van der Waals surface area contributed by atoms with Gasteiger partial charge in [-0.05, 0) is 30.4 Å². The van der Waals surface area contributed by atoms with E-state index in [-0.39, 0.29) is 5.91 Å².